The van der Waals surface area contributed by atoms with Gasteiger partial charge in [-0.1, -0.05) is 29.0 Å². The molecule has 0 bridgehead atoms. The molecule has 0 aliphatic carbocycles. The highest BCUT2D eigenvalue weighted by Gasteiger charge is 2.29. The van der Waals surface area contributed by atoms with E-state index in [1.807, 2.05) is 39.8 Å². The molecule has 3 rings (SSSR count). The van der Waals surface area contributed by atoms with Crippen molar-refractivity contribution in [3.63, 3.8) is 0 Å². The zero-order valence-electron chi connectivity index (χ0n) is 19.4. The first-order valence-corrected chi connectivity index (χ1v) is 10.9. The lowest BCUT2D eigenvalue weighted by molar-refractivity contribution is -0.129. The van der Waals surface area contributed by atoms with Gasteiger partial charge in [-0.2, -0.15) is 10.1 Å². The first kappa shape index (κ1) is 23.4. The number of carbonyl (C=O) groups excluding carboxylic acids is 3. The summed E-state index contributed by atoms with van der Waals surface area (Å²) in [5.74, 6) is -0.853. The first-order chi connectivity index (χ1) is 14.9. The lowest BCUT2D eigenvalue weighted by Gasteiger charge is -2.20. The van der Waals surface area contributed by atoms with Gasteiger partial charge in [-0.05, 0) is 39.8 Å². The number of nitrogens with one attached hydrogen (secondary N) is 1. The van der Waals surface area contributed by atoms with E-state index in [2.05, 4.69) is 15.4 Å². The molecule has 3 amide bonds. The number of hydrogen-bond donors (Lipinski definition) is 1. The maximum Gasteiger partial charge on any atom is 0.276 e. The average molecular weight is 457 g/mol. The van der Waals surface area contributed by atoms with Crippen molar-refractivity contribution in [2.45, 2.75) is 33.2 Å². The van der Waals surface area contributed by atoms with Crippen LogP contribution >= 0.6 is 11.3 Å². The second-order valence-electron chi connectivity index (χ2n) is 8.87. The van der Waals surface area contributed by atoms with Gasteiger partial charge in [0, 0.05) is 26.7 Å². The number of hydrogen-bond acceptors (Lipinski definition) is 6. The quantitative estimate of drug-likeness (QED) is 0.636. The third-order valence-electron chi connectivity index (χ3n) is 4.82. The fourth-order valence-corrected chi connectivity index (χ4v) is 3.85. The van der Waals surface area contributed by atoms with E-state index in [0.29, 0.717) is 21.0 Å². The number of anilines is 1. The molecule has 0 saturated heterocycles. The molecule has 0 aliphatic heterocycles. The smallest absolute Gasteiger partial charge is 0.276 e. The molecular weight excluding hydrogens is 428 g/mol. The number of benzene rings is 1. The SMILES string of the molecule is Cc1ccc(C(=O)Nc2nc3c(s2)c(C(=O)N(C)CC(=O)N(C)C)nn3C(C)(C)C)cc1. The number of amides is 3. The summed E-state index contributed by atoms with van der Waals surface area (Å²) >= 11 is 1.19. The van der Waals surface area contributed by atoms with Crippen LogP contribution in [0.1, 0.15) is 47.2 Å². The Morgan fingerprint density at radius 2 is 1.72 bits per heavy atom. The standard InChI is InChI=1S/C22H28N6O3S/c1-13-8-10-14(11-9-13)19(30)24-21-23-18-17(32-21)16(25-28(18)22(2,3)4)20(31)27(7)12-15(29)26(5)6/h8-11H,12H2,1-7H3,(H,23,24,30). The minimum atomic E-state index is -0.443. The molecule has 2 heterocycles. The van der Waals surface area contributed by atoms with Crippen molar-refractivity contribution in [2.24, 2.45) is 0 Å². The minimum absolute atomic E-state index is 0.0640. The van der Waals surface area contributed by atoms with Gasteiger partial charge in [0.2, 0.25) is 5.91 Å². The number of likely N-dealkylation sites (N-methyl/N-ethyl adjacent to an activating group) is 2. The van der Waals surface area contributed by atoms with E-state index < -0.39 is 5.54 Å². The van der Waals surface area contributed by atoms with Crippen molar-refractivity contribution in [1.29, 1.82) is 0 Å². The van der Waals surface area contributed by atoms with Crippen LogP contribution in [0.3, 0.4) is 0 Å². The average Bonchev–Trinajstić information content (AvgIpc) is 3.25. The maximum atomic E-state index is 13.1. The molecule has 32 heavy (non-hydrogen) atoms. The molecule has 1 N–H and O–H groups in total. The van der Waals surface area contributed by atoms with Crippen LogP contribution in [0.2, 0.25) is 0 Å². The molecule has 0 atom stereocenters. The highest BCUT2D eigenvalue weighted by atomic mass is 32.1. The van der Waals surface area contributed by atoms with Crippen LogP contribution in [-0.4, -0.2) is 70.0 Å². The van der Waals surface area contributed by atoms with Gasteiger partial charge in [0.05, 0.1) is 12.1 Å². The van der Waals surface area contributed by atoms with E-state index in [4.69, 9.17) is 0 Å². The van der Waals surface area contributed by atoms with Crippen LogP contribution in [0.4, 0.5) is 5.13 Å². The van der Waals surface area contributed by atoms with Crippen molar-refractivity contribution in [3.8, 4) is 0 Å². The zero-order valence-corrected chi connectivity index (χ0v) is 20.2. The van der Waals surface area contributed by atoms with E-state index in [1.54, 1.807) is 38.0 Å². The lowest BCUT2D eigenvalue weighted by atomic mass is 10.1. The predicted molar refractivity (Wildman–Crippen MR) is 125 cm³/mol. The predicted octanol–water partition coefficient (Wildman–Crippen LogP) is 2.97. The van der Waals surface area contributed by atoms with E-state index in [0.717, 1.165) is 5.56 Å². The summed E-state index contributed by atoms with van der Waals surface area (Å²) < 4.78 is 2.24. The first-order valence-electron chi connectivity index (χ1n) is 10.1. The van der Waals surface area contributed by atoms with Crippen LogP contribution in [-0.2, 0) is 10.3 Å². The van der Waals surface area contributed by atoms with Gasteiger partial charge in [-0.15, -0.1) is 0 Å². The molecule has 10 heteroatoms. The van der Waals surface area contributed by atoms with Gasteiger partial charge >= 0.3 is 0 Å². The molecule has 0 fully saturated rings. The summed E-state index contributed by atoms with van der Waals surface area (Å²) in [5, 5.41) is 7.71. The Labute approximate surface area is 191 Å². The number of aryl methyl sites for hydroxylation is 1. The molecular formula is C22H28N6O3S. The Balaban J connectivity index is 1.96. The number of carbonyl (C=O) groups is 3. The Morgan fingerprint density at radius 1 is 1.09 bits per heavy atom. The van der Waals surface area contributed by atoms with Crippen molar-refractivity contribution < 1.29 is 14.4 Å². The second-order valence-corrected chi connectivity index (χ2v) is 9.87. The minimum Gasteiger partial charge on any atom is -0.347 e. The zero-order chi connectivity index (χ0) is 23.8. The van der Waals surface area contributed by atoms with Crippen molar-refractivity contribution >= 4 is 44.5 Å². The number of fused-ring (bicyclic) bond motifs is 1. The molecule has 0 unspecified atom stereocenters. The van der Waals surface area contributed by atoms with Crippen LogP contribution in [0.15, 0.2) is 24.3 Å². The second kappa shape index (κ2) is 8.70. The van der Waals surface area contributed by atoms with Crippen molar-refractivity contribution in [2.75, 3.05) is 33.0 Å². The molecule has 9 nitrogen and oxygen atoms in total. The number of aromatic nitrogens is 3. The normalized spacial score (nSPS) is 11.5. The number of nitrogens with zero attached hydrogens (tertiary/aromatic N) is 5. The number of rotatable bonds is 5. The largest absolute Gasteiger partial charge is 0.347 e. The van der Waals surface area contributed by atoms with E-state index in [1.165, 1.54) is 21.1 Å². The monoisotopic (exact) mass is 456 g/mol. The topological polar surface area (TPSA) is 100 Å². The summed E-state index contributed by atoms with van der Waals surface area (Å²) in [5.41, 5.74) is 1.85. The molecule has 170 valence electrons. The Hall–Kier alpha value is -3.27. The fourth-order valence-electron chi connectivity index (χ4n) is 2.93. The Kier molecular flexibility index (Phi) is 6.36. The summed E-state index contributed by atoms with van der Waals surface area (Å²) in [7, 11) is 4.84. The Bertz CT molecular complexity index is 1170. The molecule has 1 aromatic carbocycles. The van der Waals surface area contributed by atoms with Crippen molar-refractivity contribution in [1.82, 2.24) is 24.6 Å². The number of thiazole rings is 1. The summed E-state index contributed by atoms with van der Waals surface area (Å²) in [6, 6.07) is 7.24. The van der Waals surface area contributed by atoms with Gasteiger partial charge in [0.15, 0.2) is 16.5 Å². The van der Waals surface area contributed by atoms with E-state index >= 15 is 0 Å². The van der Waals surface area contributed by atoms with E-state index in [9.17, 15) is 14.4 Å². The maximum absolute atomic E-state index is 13.1. The molecule has 3 aromatic rings. The van der Waals surface area contributed by atoms with Gasteiger partial charge in [-0.25, -0.2) is 4.68 Å². The summed E-state index contributed by atoms with van der Waals surface area (Å²) in [4.78, 5) is 45.1. The highest BCUT2D eigenvalue weighted by molar-refractivity contribution is 7.22. The molecule has 2 aromatic heterocycles. The third kappa shape index (κ3) is 4.80. The van der Waals surface area contributed by atoms with Crippen molar-refractivity contribution in [3.05, 3.63) is 41.1 Å². The van der Waals surface area contributed by atoms with E-state index in [-0.39, 0.29) is 30.0 Å². The molecule has 0 aliphatic rings. The summed E-state index contributed by atoms with van der Waals surface area (Å²) in [6.45, 7) is 7.76. The van der Waals surface area contributed by atoms with Crippen LogP contribution in [0.5, 0.6) is 0 Å². The van der Waals surface area contributed by atoms with Gasteiger partial charge in [-0.3, -0.25) is 19.7 Å². The fraction of sp³-hybridized carbons (Fsp3) is 0.409. The van der Waals surface area contributed by atoms with Crippen LogP contribution < -0.4 is 5.32 Å². The van der Waals surface area contributed by atoms with Gasteiger partial charge in [0.1, 0.15) is 4.70 Å². The van der Waals surface area contributed by atoms with Gasteiger partial charge in [0.25, 0.3) is 11.8 Å². The third-order valence-corrected chi connectivity index (χ3v) is 5.78. The Morgan fingerprint density at radius 3 is 2.28 bits per heavy atom. The highest BCUT2D eigenvalue weighted by Crippen LogP contribution is 2.33. The summed E-state index contributed by atoms with van der Waals surface area (Å²) in [6.07, 6.45) is 0. The lowest BCUT2D eigenvalue weighted by Crippen LogP contribution is -2.38. The van der Waals surface area contributed by atoms with Crippen LogP contribution in [0.25, 0.3) is 10.3 Å². The molecule has 0 saturated carbocycles. The van der Waals surface area contributed by atoms with Crippen LogP contribution in [0, 0.1) is 6.92 Å². The molecule has 0 spiro atoms. The molecule has 0 radical (unpaired) electrons. The van der Waals surface area contributed by atoms with Gasteiger partial charge < -0.3 is 9.80 Å².